The molecule has 3 aromatic rings. The molecule has 27 heavy (non-hydrogen) atoms. The Morgan fingerprint density at radius 1 is 1.11 bits per heavy atom. The van der Waals surface area contributed by atoms with Gasteiger partial charge in [0.1, 0.15) is 11.5 Å². The zero-order chi connectivity index (χ0) is 19.2. The SMILES string of the molecule is COc1ccc2c(O)n(CC3(c4ccc(O)cc4)NC(=O)NC3=O)cc2c1. The Kier molecular flexibility index (Phi) is 3.69. The number of carbonyl (C=O) groups is 2. The van der Waals surface area contributed by atoms with Crippen molar-refractivity contribution in [3.63, 3.8) is 0 Å². The molecule has 0 aliphatic carbocycles. The minimum Gasteiger partial charge on any atom is -0.508 e. The third-order valence-electron chi connectivity index (χ3n) is 4.78. The first-order chi connectivity index (χ1) is 12.9. The van der Waals surface area contributed by atoms with E-state index in [-0.39, 0.29) is 18.2 Å². The first-order valence-corrected chi connectivity index (χ1v) is 8.22. The molecule has 4 N–H and O–H groups in total. The van der Waals surface area contributed by atoms with Crippen LogP contribution in [0.25, 0.3) is 10.8 Å². The van der Waals surface area contributed by atoms with Crippen LogP contribution in [-0.2, 0) is 16.9 Å². The van der Waals surface area contributed by atoms with Gasteiger partial charge in [-0.05, 0) is 35.9 Å². The van der Waals surface area contributed by atoms with Gasteiger partial charge in [0.2, 0.25) is 0 Å². The maximum atomic E-state index is 12.7. The summed E-state index contributed by atoms with van der Waals surface area (Å²) in [6.07, 6.45) is 1.69. The number of ether oxygens (including phenoxy) is 1. The van der Waals surface area contributed by atoms with Gasteiger partial charge in [-0.25, -0.2) is 4.79 Å². The minimum atomic E-state index is -1.42. The third-order valence-corrected chi connectivity index (χ3v) is 4.78. The highest BCUT2D eigenvalue weighted by atomic mass is 16.5. The highest BCUT2D eigenvalue weighted by molar-refractivity contribution is 6.07. The van der Waals surface area contributed by atoms with Gasteiger partial charge in [-0.1, -0.05) is 12.1 Å². The first kappa shape index (κ1) is 16.8. The van der Waals surface area contributed by atoms with E-state index in [4.69, 9.17) is 4.74 Å². The van der Waals surface area contributed by atoms with E-state index < -0.39 is 17.5 Å². The van der Waals surface area contributed by atoms with Crippen molar-refractivity contribution in [3.05, 3.63) is 54.2 Å². The lowest BCUT2D eigenvalue weighted by atomic mass is 9.89. The number of nitrogens with zero attached hydrogens (tertiary/aromatic N) is 1. The lowest BCUT2D eigenvalue weighted by Gasteiger charge is -2.27. The monoisotopic (exact) mass is 367 g/mol. The van der Waals surface area contributed by atoms with E-state index in [1.165, 1.54) is 16.7 Å². The quantitative estimate of drug-likeness (QED) is 0.525. The Bertz CT molecular complexity index is 1060. The van der Waals surface area contributed by atoms with Gasteiger partial charge in [0.15, 0.2) is 11.4 Å². The Morgan fingerprint density at radius 2 is 1.85 bits per heavy atom. The number of urea groups is 1. The summed E-state index contributed by atoms with van der Waals surface area (Å²) < 4.78 is 6.70. The van der Waals surface area contributed by atoms with Crippen LogP contribution in [0.2, 0.25) is 0 Å². The fourth-order valence-corrected chi connectivity index (χ4v) is 3.38. The topological polar surface area (TPSA) is 113 Å². The number of aromatic nitrogens is 1. The van der Waals surface area contributed by atoms with Gasteiger partial charge in [-0.2, -0.15) is 0 Å². The number of hydrogen-bond donors (Lipinski definition) is 4. The summed E-state index contributed by atoms with van der Waals surface area (Å²) in [7, 11) is 1.55. The molecule has 138 valence electrons. The van der Waals surface area contributed by atoms with E-state index in [1.54, 1.807) is 43.6 Å². The molecule has 1 fully saturated rings. The smallest absolute Gasteiger partial charge is 0.322 e. The van der Waals surface area contributed by atoms with Crippen LogP contribution < -0.4 is 15.4 Å². The van der Waals surface area contributed by atoms with Crippen LogP contribution in [0.5, 0.6) is 17.4 Å². The number of aromatic hydroxyl groups is 2. The minimum absolute atomic E-state index is 0.0280. The number of phenolic OH excluding ortho intramolecular Hbond substituents is 1. The van der Waals surface area contributed by atoms with Gasteiger partial charge in [0.05, 0.1) is 13.7 Å². The van der Waals surface area contributed by atoms with E-state index in [1.807, 2.05) is 0 Å². The number of rotatable bonds is 4. The average molecular weight is 367 g/mol. The lowest BCUT2D eigenvalue weighted by molar-refractivity contribution is -0.124. The Labute approximate surface area is 154 Å². The largest absolute Gasteiger partial charge is 0.508 e. The molecule has 2 heterocycles. The molecule has 3 amide bonds. The number of fused-ring (bicyclic) bond motifs is 1. The van der Waals surface area contributed by atoms with E-state index in [2.05, 4.69) is 10.6 Å². The number of benzene rings is 2. The summed E-state index contributed by atoms with van der Waals surface area (Å²) in [4.78, 5) is 24.5. The first-order valence-electron chi connectivity index (χ1n) is 8.22. The van der Waals surface area contributed by atoms with Crippen molar-refractivity contribution in [1.29, 1.82) is 0 Å². The number of methoxy groups -OCH3 is 1. The maximum Gasteiger partial charge on any atom is 0.322 e. The third kappa shape index (κ3) is 2.62. The summed E-state index contributed by atoms with van der Waals surface area (Å²) in [5, 5.41) is 26.4. The van der Waals surface area contributed by atoms with E-state index in [0.717, 1.165) is 5.39 Å². The van der Waals surface area contributed by atoms with Crippen molar-refractivity contribution in [2.75, 3.05) is 7.11 Å². The van der Waals surface area contributed by atoms with Gasteiger partial charge < -0.3 is 24.8 Å². The molecule has 1 atom stereocenters. The second kappa shape index (κ2) is 5.94. The Hall–Kier alpha value is -3.68. The predicted molar refractivity (Wildman–Crippen MR) is 96.6 cm³/mol. The van der Waals surface area contributed by atoms with Crippen molar-refractivity contribution in [2.45, 2.75) is 12.1 Å². The summed E-state index contributed by atoms with van der Waals surface area (Å²) in [5.74, 6) is 0.118. The van der Waals surface area contributed by atoms with Crippen molar-refractivity contribution in [3.8, 4) is 17.4 Å². The molecule has 1 unspecified atom stereocenters. The average Bonchev–Trinajstić information content (AvgIpc) is 3.11. The van der Waals surface area contributed by atoms with Gasteiger partial charge in [0, 0.05) is 17.0 Å². The molecule has 1 aliphatic heterocycles. The van der Waals surface area contributed by atoms with Crippen molar-refractivity contribution in [1.82, 2.24) is 15.2 Å². The predicted octanol–water partition coefficient (Wildman–Crippen LogP) is 1.80. The van der Waals surface area contributed by atoms with Crippen molar-refractivity contribution < 1.29 is 24.5 Å². The molecule has 0 radical (unpaired) electrons. The summed E-state index contributed by atoms with van der Waals surface area (Å²) in [5.41, 5.74) is -0.931. The van der Waals surface area contributed by atoms with Gasteiger partial charge in [-0.15, -0.1) is 0 Å². The van der Waals surface area contributed by atoms with E-state index in [9.17, 15) is 19.8 Å². The van der Waals surface area contributed by atoms with Crippen LogP contribution >= 0.6 is 0 Å². The fraction of sp³-hybridized carbons (Fsp3) is 0.158. The highest BCUT2D eigenvalue weighted by Crippen LogP contribution is 2.35. The van der Waals surface area contributed by atoms with Gasteiger partial charge >= 0.3 is 6.03 Å². The zero-order valence-corrected chi connectivity index (χ0v) is 14.4. The van der Waals surface area contributed by atoms with Crippen LogP contribution in [0, 0.1) is 0 Å². The molecule has 2 aromatic carbocycles. The molecular formula is C19H17N3O5. The van der Waals surface area contributed by atoms with E-state index >= 15 is 0 Å². The van der Waals surface area contributed by atoms with Crippen LogP contribution in [-0.4, -0.2) is 33.8 Å². The van der Waals surface area contributed by atoms with Crippen LogP contribution in [0.15, 0.2) is 48.7 Å². The summed E-state index contributed by atoms with van der Waals surface area (Å²) >= 11 is 0. The van der Waals surface area contributed by atoms with Gasteiger partial charge in [0.25, 0.3) is 5.91 Å². The normalized spacial score (nSPS) is 19.1. The summed E-state index contributed by atoms with van der Waals surface area (Å²) in [6.45, 7) is -0.0296. The molecule has 1 aromatic heterocycles. The molecule has 4 rings (SSSR count). The second-order valence-corrected chi connectivity index (χ2v) is 6.39. The number of nitrogens with one attached hydrogen (secondary N) is 2. The van der Waals surface area contributed by atoms with Crippen molar-refractivity contribution >= 4 is 22.7 Å². The molecule has 8 heteroatoms. The lowest BCUT2D eigenvalue weighted by Crippen LogP contribution is -2.47. The van der Waals surface area contributed by atoms with E-state index in [0.29, 0.717) is 16.7 Å². The van der Waals surface area contributed by atoms with Crippen LogP contribution in [0.1, 0.15) is 5.56 Å². The number of amides is 3. The number of hydrogen-bond acceptors (Lipinski definition) is 5. The number of phenols is 1. The molecule has 1 saturated heterocycles. The maximum absolute atomic E-state index is 12.7. The second-order valence-electron chi connectivity index (χ2n) is 6.39. The Morgan fingerprint density at radius 3 is 2.48 bits per heavy atom. The Balaban J connectivity index is 1.82. The number of carbonyl (C=O) groups excluding carboxylic acids is 2. The van der Waals surface area contributed by atoms with Crippen molar-refractivity contribution in [2.24, 2.45) is 0 Å². The molecular weight excluding hydrogens is 350 g/mol. The molecule has 8 nitrogen and oxygen atoms in total. The number of imide groups is 1. The molecule has 0 spiro atoms. The molecule has 0 bridgehead atoms. The van der Waals surface area contributed by atoms with Crippen LogP contribution in [0.4, 0.5) is 4.79 Å². The van der Waals surface area contributed by atoms with Gasteiger partial charge in [-0.3, -0.25) is 10.1 Å². The highest BCUT2D eigenvalue weighted by Gasteiger charge is 2.48. The zero-order valence-electron chi connectivity index (χ0n) is 14.4. The fourth-order valence-electron chi connectivity index (χ4n) is 3.38. The molecule has 1 aliphatic rings. The molecule has 0 saturated carbocycles. The summed E-state index contributed by atoms with van der Waals surface area (Å²) in [6, 6.07) is 10.6. The standard InChI is InChI=1S/C19H17N3O5/c1-27-14-6-7-15-11(8-14)9-22(16(15)24)10-19(17(25)20-18(26)21-19)12-2-4-13(23)5-3-12/h2-9,23-24H,10H2,1H3,(H2,20,21,25,26). The van der Waals surface area contributed by atoms with Crippen LogP contribution in [0.3, 0.4) is 0 Å².